The smallest absolute Gasteiger partial charge is 0.810 e. The second-order valence-electron chi connectivity index (χ2n) is 3.16. The molecule has 15 heavy (non-hydrogen) atoms. The summed E-state index contributed by atoms with van der Waals surface area (Å²) in [5.41, 5.74) is 0. The molecule has 0 rings (SSSR count). The minimum Gasteiger partial charge on any atom is -0.810 e. The van der Waals surface area contributed by atoms with E-state index in [0.717, 1.165) is 13.8 Å². The van der Waals surface area contributed by atoms with Gasteiger partial charge in [-0.05, 0) is 13.8 Å². The van der Waals surface area contributed by atoms with Gasteiger partial charge in [-0.3, -0.25) is 4.57 Å². The first kappa shape index (κ1) is 22.8. The van der Waals surface area contributed by atoms with Crippen LogP contribution >= 0.6 is 27.8 Å². The first-order valence-corrected chi connectivity index (χ1v) is 6.90. The van der Waals surface area contributed by atoms with E-state index in [4.69, 9.17) is 9.79 Å². The van der Waals surface area contributed by atoms with Gasteiger partial charge in [-0.15, -0.1) is 0 Å². The summed E-state index contributed by atoms with van der Waals surface area (Å²) in [5, 5.41) is -2.30. The van der Waals surface area contributed by atoms with Gasteiger partial charge in [0.15, 0.2) is 0 Å². The molecule has 1 unspecified atom stereocenters. The quantitative estimate of drug-likeness (QED) is 0.270. The van der Waals surface area contributed by atoms with Gasteiger partial charge in [0.2, 0.25) is 0 Å². The molecule has 0 amide bonds. The summed E-state index contributed by atoms with van der Waals surface area (Å²) < 4.78 is 19.7. The average molecular weight is 294 g/mol. The largest absolute Gasteiger partial charge is 1.00 e. The maximum absolute atomic E-state index is 10.7. The minimum absolute atomic E-state index is 0. The topological polar surface area (TPSA) is 121 Å². The predicted octanol–water partition coefficient (Wildman–Crippen LogP) is -6.88. The number of rotatable bonds is 3. The molecule has 80 valence electrons. The molecule has 0 bridgehead atoms. The van der Waals surface area contributed by atoms with Gasteiger partial charge in [-0.25, -0.2) is 0 Å². The maximum Gasteiger partial charge on any atom is 1.00 e. The summed E-state index contributed by atoms with van der Waals surface area (Å²) in [5.74, 6) is 0. The third-order valence-electron chi connectivity index (χ3n) is 1.25. The van der Waals surface area contributed by atoms with Crippen molar-refractivity contribution in [3.8, 4) is 0 Å². The van der Waals surface area contributed by atoms with Crippen LogP contribution in [0.5, 0.6) is 0 Å². The first-order valence-electron chi connectivity index (χ1n) is 3.16. The Morgan fingerprint density at radius 2 is 1.47 bits per heavy atom. The zero-order valence-corrected chi connectivity index (χ0v) is 15.6. The van der Waals surface area contributed by atoms with E-state index < -0.39 is 25.3 Å². The zero-order valence-electron chi connectivity index (χ0n) is 8.95. The molecule has 0 heterocycles. The second-order valence-corrected chi connectivity index (χ2v) is 8.01. The Balaban J connectivity index is -0.000000720. The Hall–Kier alpha value is 2.65. The van der Waals surface area contributed by atoms with E-state index >= 15 is 0 Å². The van der Waals surface area contributed by atoms with Crippen LogP contribution in [0.2, 0.25) is 0 Å². The Morgan fingerprint density at radius 1 is 1.20 bits per heavy atom. The van der Waals surface area contributed by atoms with Crippen molar-refractivity contribution in [1.82, 2.24) is 0 Å². The summed E-state index contributed by atoms with van der Waals surface area (Å²) in [6, 6.07) is 0. The van der Waals surface area contributed by atoms with Gasteiger partial charge in [0, 0.05) is 4.75 Å². The molecule has 0 aromatic carbocycles. The number of hydrogen-bond acceptors (Lipinski definition) is 5. The molecule has 0 radical (unpaired) electrons. The van der Waals surface area contributed by atoms with Gasteiger partial charge in [-0.2, -0.15) is 12.6 Å². The fourth-order valence-corrected chi connectivity index (χ4v) is 4.93. The molecule has 0 spiro atoms. The number of hydrogen-bond donors (Lipinski definition) is 3. The van der Waals surface area contributed by atoms with E-state index in [9.17, 15) is 18.9 Å². The van der Waals surface area contributed by atoms with Crippen LogP contribution in [0.15, 0.2) is 0 Å². The molecule has 0 aliphatic heterocycles. The van der Waals surface area contributed by atoms with Crippen molar-refractivity contribution < 1.29 is 87.8 Å². The van der Waals surface area contributed by atoms with Gasteiger partial charge in [0.05, 0.1) is 0 Å². The van der Waals surface area contributed by atoms with Crippen LogP contribution in [-0.2, 0) is 9.13 Å². The van der Waals surface area contributed by atoms with Crippen molar-refractivity contribution in [3.05, 3.63) is 0 Å². The monoisotopic (exact) mass is 294 g/mol. The SMILES string of the molecule is CC(C)(S)C(P(=O)([O-])[O-])P(=O)(O)O.[Na+].[Na+]. The van der Waals surface area contributed by atoms with Crippen LogP contribution in [0.1, 0.15) is 13.8 Å². The molecule has 0 aromatic heterocycles. The molecule has 0 fully saturated rings. The van der Waals surface area contributed by atoms with Gasteiger partial charge < -0.3 is 24.1 Å². The maximum atomic E-state index is 10.7. The van der Waals surface area contributed by atoms with E-state index in [0.29, 0.717) is 0 Å². The summed E-state index contributed by atoms with van der Waals surface area (Å²) in [6.07, 6.45) is 0. The van der Waals surface area contributed by atoms with Crippen molar-refractivity contribution in [1.29, 1.82) is 0 Å². The molecule has 0 aliphatic carbocycles. The number of thiol groups is 1. The van der Waals surface area contributed by atoms with Gasteiger partial charge in [0.1, 0.15) is 5.40 Å². The summed E-state index contributed by atoms with van der Waals surface area (Å²) in [4.78, 5) is 38.4. The minimum atomic E-state index is -5.36. The van der Waals surface area contributed by atoms with Gasteiger partial charge >= 0.3 is 66.7 Å². The molecule has 0 saturated carbocycles. The second kappa shape index (κ2) is 7.29. The van der Waals surface area contributed by atoms with Crippen molar-refractivity contribution in [3.63, 3.8) is 0 Å². The van der Waals surface area contributed by atoms with Crippen LogP contribution in [0.3, 0.4) is 0 Å². The molecule has 6 nitrogen and oxygen atoms in total. The van der Waals surface area contributed by atoms with Gasteiger partial charge in [-0.1, -0.05) is 7.60 Å². The molecule has 2 N–H and O–H groups in total. The first-order chi connectivity index (χ1) is 5.37. The van der Waals surface area contributed by atoms with Crippen molar-refractivity contribution >= 4 is 27.8 Å². The molecule has 0 aromatic rings. The fraction of sp³-hybridized carbons (Fsp3) is 1.00. The van der Waals surface area contributed by atoms with Crippen LogP contribution in [0.25, 0.3) is 0 Å². The molecule has 0 aliphatic rings. The summed E-state index contributed by atoms with van der Waals surface area (Å²) >= 11 is 3.67. The Labute approximate surface area is 138 Å². The van der Waals surface area contributed by atoms with Crippen molar-refractivity contribution in [2.75, 3.05) is 0 Å². The average Bonchev–Trinajstić information content (AvgIpc) is 1.44. The standard InChI is InChI=1S/C4H12O6P2S.2Na/c1-4(2,13)3(11(5,6)7)12(8,9)10;;/h3,13H,1-2H3,(H2,5,6,7)(H2,8,9,10);;/q;2*+1/p-2. The molecule has 11 heteroatoms. The fourth-order valence-electron chi connectivity index (χ4n) is 0.983. The Morgan fingerprint density at radius 3 is 1.47 bits per heavy atom. The summed E-state index contributed by atoms with van der Waals surface area (Å²) in [7, 11) is -10.3. The third-order valence-corrected chi connectivity index (χ3v) is 6.19. The van der Waals surface area contributed by atoms with Crippen molar-refractivity contribution in [2.24, 2.45) is 0 Å². The molecular formula is C4H10Na2O6P2S. The molecular weight excluding hydrogens is 284 g/mol. The van der Waals surface area contributed by atoms with Crippen molar-refractivity contribution in [2.45, 2.75) is 24.0 Å². The zero-order chi connectivity index (χ0) is 11.1. The van der Waals surface area contributed by atoms with Crippen LogP contribution in [0.4, 0.5) is 0 Å². The Kier molecular flexibility index (Phi) is 11.1. The predicted molar refractivity (Wildman–Crippen MR) is 46.5 cm³/mol. The van der Waals surface area contributed by atoms with E-state index in [1.54, 1.807) is 0 Å². The molecule has 1 atom stereocenters. The summed E-state index contributed by atoms with van der Waals surface area (Å²) in [6.45, 7) is 2.31. The van der Waals surface area contributed by atoms with Crippen LogP contribution < -0.4 is 68.9 Å². The van der Waals surface area contributed by atoms with E-state index in [1.165, 1.54) is 0 Å². The van der Waals surface area contributed by atoms with E-state index in [1.807, 2.05) is 0 Å². The molecule has 0 saturated heterocycles. The van der Waals surface area contributed by atoms with Crippen LogP contribution in [-0.4, -0.2) is 19.9 Å². The third kappa shape index (κ3) is 8.38. The van der Waals surface area contributed by atoms with Crippen LogP contribution in [0, 0.1) is 0 Å². The van der Waals surface area contributed by atoms with Gasteiger partial charge in [0.25, 0.3) is 0 Å². The Bertz CT molecular complexity index is 257. The normalized spacial score (nSPS) is 14.9. The van der Waals surface area contributed by atoms with E-state index in [-0.39, 0.29) is 59.1 Å². The van der Waals surface area contributed by atoms with E-state index in [2.05, 4.69) is 12.6 Å².